The molecule has 1 aliphatic heterocycles. The highest BCUT2D eigenvalue weighted by molar-refractivity contribution is 6.01. The third kappa shape index (κ3) is 33.1. The number of amides is 15. The van der Waals surface area contributed by atoms with Gasteiger partial charge in [-0.05, 0) is 75.7 Å². The highest BCUT2D eigenvalue weighted by atomic mass is 16.4. The number of carboxylic acids is 3. The smallest absolute Gasteiger partial charge is 0.326 e. The quantitative estimate of drug-likeness (QED) is 0.0164. The Bertz CT molecular complexity index is 3430. The molecule has 0 spiro atoms. The van der Waals surface area contributed by atoms with Crippen molar-refractivity contribution >= 4 is 112 Å². The van der Waals surface area contributed by atoms with Crippen molar-refractivity contribution in [3.05, 3.63) is 35.9 Å². The summed E-state index contributed by atoms with van der Waals surface area (Å²) < 4.78 is 0. The number of hydrogen-bond acceptors (Lipinski definition) is 23. The SMILES string of the molecule is CC[C@H](C)[C@H](NC(=O)[C@@H](NC(=O)[C@H](CCC(=O)O)NC(=O)[C@@H](NC(=O)[C@H](CCC(N)=O)NC(=O)[C@@H](NC(=O)CN)C(C)C)C(C)C)[C@@H](C)O)C(=O)N[C@@H](CO)C(=O)N1CCC[C@H]1C(=O)NCC(=O)N[C@@H](CC(=O)O)C(=O)NCC(=O)N[C@@H](CCCN=C(N)N)C(=O)N[C@H](C(=O)N[C@@H](Cc1ccccc1)C(=O)O)[C@@H](C)O. The second-order valence-electron chi connectivity index (χ2n) is 26.9. The molecule has 0 aromatic heterocycles. The van der Waals surface area contributed by atoms with E-state index in [2.05, 4.69) is 74.1 Å². The number of hydrogen-bond donors (Lipinski definition) is 23. The summed E-state index contributed by atoms with van der Waals surface area (Å²) in [5.74, 6) is -22.7. The number of nitrogens with zero attached hydrogens (tertiary/aromatic N) is 2. The van der Waals surface area contributed by atoms with Crippen molar-refractivity contribution in [2.45, 2.75) is 211 Å². The number of carboxylic acid groups (broad SMARTS) is 3. The zero-order chi connectivity index (χ0) is 83.4. The number of aliphatic hydroxyl groups excluding tert-OH is 3. The van der Waals surface area contributed by atoms with Gasteiger partial charge in [-0.15, -0.1) is 0 Å². The Labute approximate surface area is 633 Å². The number of aliphatic hydroxyl groups is 3. The van der Waals surface area contributed by atoms with Crippen LogP contribution in [0.2, 0.25) is 0 Å². The van der Waals surface area contributed by atoms with E-state index in [9.17, 15) is 117 Å². The minimum atomic E-state index is -1.97. The van der Waals surface area contributed by atoms with Crippen molar-refractivity contribution < 1.29 is 117 Å². The average molecular weight is 1560 g/mol. The Morgan fingerprint density at radius 1 is 0.509 bits per heavy atom. The maximum atomic E-state index is 14.2. The molecule has 15 atom stereocenters. The third-order valence-electron chi connectivity index (χ3n) is 17.2. The normalized spacial score (nSPS) is 16.3. The second-order valence-corrected chi connectivity index (χ2v) is 26.9. The highest BCUT2D eigenvalue weighted by Crippen LogP contribution is 2.20. The molecule has 2 rings (SSSR count). The van der Waals surface area contributed by atoms with Gasteiger partial charge in [0.05, 0.1) is 44.9 Å². The number of nitrogens with one attached hydrogen (secondary N) is 13. The first-order chi connectivity index (χ1) is 51.6. The number of nitrogens with two attached hydrogens (primary N) is 4. The van der Waals surface area contributed by atoms with Gasteiger partial charge >= 0.3 is 17.9 Å². The van der Waals surface area contributed by atoms with Crippen LogP contribution >= 0.6 is 0 Å². The summed E-state index contributed by atoms with van der Waals surface area (Å²) in [5, 5.41) is 91.2. The van der Waals surface area contributed by atoms with Crippen molar-refractivity contribution in [1.29, 1.82) is 0 Å². The average Bonchev–Trinajstić information content (AvgIpc) is 1.64. The van der Waals surface area contributed by atoms with Gasteiger partial charge in [0.2, 0.25) is 88.6 Å². The van der Waals surface area contributed by atoms with E-state index in [4.69, 9.17) is 22.9 Å². The molecule has 0 radical (unpaired) electrons. The van der Waals surface area contributed by atoms with Crippen LogP contribution in [-0.4, -0.2) is 272 Å². The zero-order valence-corrected chi connectivity index (χ0v) is 62.5. The summed E-state index contributed by atoms with van der Waals surface area (Å²) in [4.78, 5) is 243. The Morgan fingerprint density at radius 2 is 0.964 bits per heavy atom. The van der Waals surface area contributed by atoms with Gasteiger partial charge < -0.3 is 128 Å². The monoisotopic (exact) mass is 1560 g/mol. The van der Waals surface area contributed by atoms with Gasteiger partial charge in [-0.1, -0.05) is 78.3 Å². The summed E-state index contributed by atoms with van der Waals surface area (Å²) in [7, 11) is 0. The minimum absolute atomic E-state index is 0.0178. The molecular weight excluding hydrogens is 1450 g/mol. The number of aliphatic carboxylic acids is 3. The maximum absolute atomic E-state index is 14.2. The maximum Gasteiger partial charge on any atom is 0.326 e. The summed E-state index contributed by atoms with van der Waals surface area (Å²) >= 11 is 0. The Morgan fingerprint density at radius 3 is 1.44 bits per heavy atom. The van der Waals surface area contributed by atoms with E-state index in [1.54, 1.807) is 51.1 Å². The molecule has 27 N–H and O–H groups in total. The molecule has 1 heterocycles. The van der Waals surface area contributed by atoms with Crippen LogP contribution in [0.15, 0.2) is 35.3 Å². The minimum Gasteiger partial charge on any atom is -0.481 e. The molecular formula is C67H107N19O24. The molecule has 43 nitrogen and oxygen atoms in total. The Balaban J connectivity index is 2.25. The van der Waals surface area contributed by atoms with Crippen molar-refractivity contribution in [2.75, 3.05) is 39.3 Å². The summed E-state index contributed by atoms with van der Waals surface area (Å²) in [6.07, 6.45) is -6.85. The van der Waals surface area contributed by atoms with Gasteiger partial charge in [-0.2, -0.15) is 0 Å². The fourth-order valence-corrected chi connectivity index (χ4v) is 10.9. The molecule has 0 unspecified atom stereocenters. The molecule has 0 aliphatic carbocycles. The van der Waals surface area contributed by atoms with E-state index in [0.29, 0.717) is 5.56 Å². The molecule has 1 aromatic carbocycles. The number of primary amides is 1. The Hall–Kier alpha value is -11.2. The van der Waals surface area contributed by atoms with Crippen LogP contribution in [-0.2, 0) is 92.7 Å². The van der Waals surface area contributed by atoms with Gasteiger partial charge in [0, 0.05) is 32.4 Å². The highest BCUT2D eigenvalue weighted by Gasteiger charge is 2.42. The fraction of sp³-hybridized carbons (Fsp3) is 0.627. The number of likely N-dealkylation sites (tertiary alicyclic amines) is 1. The van der Waals surface area contributed by atoms with Crippen LogP contribution in [0.3, 0.4) is 0 Å². The van der Waals surface area contributed by atoms with Gasteiger partial charge in [0.25, 0.3) is 0 Å². The molecule has 0 bridgehead atoms. The second kappa shape index (κ2) is 47.6. The molecule has 15 amide bonds. The van der Waals surface area contributed by atoms with Crippen molar-refractivity contribution in [3.63, 3.8) is 0 Å². The van der Waals surface area contributed by atoms with Crippen LogP contribution in [0.25, 0.3) is 0 Å². The van der Waals surface area contributed by atoms with Crippen molar-refractivity contribution in [3.8, 4) is 0 Å². The first-order valence-electron chi connectivity index (χ1n) is 35.5. The van der Waals surface area contributed by atoms with E-state index in [1.807, 2.05) is 0 Å². The number of rotatable bonds is 49. The van der Waals surface area contributed by atoms with E-state index in [0.717, 1.165) is 18.7 Å². The van der Waals surface area contributed by atoms with Crippen molar-refractivity contribution in [1.82, 2.24) is 74.0 Å². The predicted octanol–water partition coefficient (Wildman–Crippen LogP) is -9.40. The van der Waals surface area contributed by atoms with Gasteiger partial charge in [0.15, 0.2) is 5.96 Å². The first-order valence-corrected chi connectivity index (χ1v) is 35.5. The van der Waals surface area contributed by atoms with E-state index >= 15 is 0 Å². The predicted molar refractivity (Wildman–Crippen MR) is 386 cm³/mol. The van der Waals surface area contributed by atoms with Crippen LogP contribution in [0, 0.1) is 17.8 Å². The van der Waals surface area contributed by atoms with Crippen LogP contribution in [0.1, 0.15) is 125 Å². The standard InChI is InChI=1S/C67H107N19O24/c1-9-33(6)52(83-64(107)54(35(8)89)85-58(101)39(20-22-48(94)95)78-61(104)51(32(4)5)82-57(100)38(19-21-44(69)90)77-60(103)50(31(2)3)81-45(91)27-68)62(105)80-42(30-87)65(108)86-24-14-18-43(86)59(102)74-29-47(93)76-40(26-49(96)97)55(98)73-28-46(92)75-37(17-13-23-72-67(70)71)56(99)84-53(34(7)88)63(106)79-41(66(109)110)25-36-15-11-10-12-16-36/h10-12,15-16,31-35,37-43,50-54,87-89H,9,13-14,17-30,68H2,1-8H3,(H2,69,90)(H,73,98)(H,74,102)(H,75,92)(H,76,93)(H,77,103)(H,78,104)(H,79,106)(H,80,105)(H,81,91)(H,82,100)(H,83,107)(H,84,99)(H,85,101)(H,94,95)(H,96,97)(H,109,110)(H4,70,71,72)/t33-,34+,35+,37-,38-,39-,40-,41-,42-,43-,50-,51-,52-,53-,54-/m0/s1. The first kappa shape index (κ1) is 94.9. The number of guanidine groups is 1. The lowest BCUT2D eigenvalue weighted by Gasteiger charge is -2.31. The van der Waals surface area contributed by atoms with E-state index < -0.39 is 261 Å². The molecule has 1 fully saturated rings. The number of carbonyl (C=O) groups excluding carboxylic acids is 15. The van der Waals surface area contributed by atoms with Gasteiger partial charge in [-0.25, -0.2) is 4.79 Å². The fourth-order valence-electron chi connectivity index (χ4n) is 10.9. The van der Waals surface area contributed by atoms with Gasteiger partial charge in [-0.3, -0.25) is 86.5 Å². The van der Waals surface area contributed by atoms with E-state index in [1.165, 1.54) is 20.8 Å². The Kier molecular flexibility index (Phi) is 41.0. The van der Waals surface area contributed by atoms with Crippen LogP contribution in [0.4, 0.5) is 0 Å². The topological polar surface area (TPSA) is 705 Å². The summed E-state index contributed by atoms with van der Waals surface area (Å²) in [6.45, 7) is 7.71. The molecule has 110 heavy (non-hydrogen) atoms. The van der Waals surface area contributed by atoms with Crippen LogP contribution in [0.5, 0.6) is 0 Å². The van der Waals surface area contributed by atoms with Crippen molar-refractivity contribution in [2.24, 2.45) is 45.7 Å². The lowest BCUT2D eigenvalue weighted by Crippen LogP contribution is -2.63. The lowest BCUT2D eigenvalue weighted by atomic mass is 9.97. The lowest BCUT2D eigenvalue weighted by molar-refractivity contribution is -0.143. The molecule has 1 aromatic rings. The third-order valence-corrected chi connectivity index (χ3v) is 17.2. The summed E-state index contributed by atoms with van der Waals surface area (Å²) in [5.41, 5.74) is 22.1. The number of benzene rings is 1. The van der Waals surface area contributed by atoms with E-state index in [-0.39, 0.29) is 64.0 Å². The molecule has 1 aliphatic rings. The van der Waals surface area contributed by atoms with Gasteiger partial charge in [0.1, 0.15) is 72.5 Å². The number of aliphatic imine (C=N–C) groups is 1. The largest absolute Gasteiger partial charge is 0.481 e. The number of carbonyl (C=O) groups is 18. The molecule has 1 saturated heterocycles. The molecule has 43 heteroatoms. The summed E-state index contributed by atoms with van der Waals surface area (Å²) in [6, 6.07) is -11.4. The zero-order valence-electron chi connectivity index (χ0n) is 62.5. The molecule has 0 saturated carbocycles. The van der Waals surface area contributed by atoms with Crippen LogP contribution < -0.4 is 92.1 Å². The molecule has 614 valence electrons.